The van der Waals surface area contributed by atoms with Gasteiger partial charge in [-0.1, -0.05) is 43.7 Å². The number of carbonyl (C=O) groups excluding carboxylic acids is 3. The van der Waals surface area contributed by atoms with Crippen molar-refractivity contribution in [2.75, 3.05) is 59.5 Å². The van der Waals surface area contributed by atoms with E-state index in [0.29, 0.717) is 43.5 Å². The smallest absolute Gasteiger partial charge is 0.344 e. The molecule has 57 heavy (non-hydrogen) atoms. The Hall–Kier alpha value is -4.39. The minimum Gasteiger partial charge on any atom is -0.496 e. The number of likely N-dealkylation sites (N-methyl/N-ethyl adjacent to an activating group) is 1. The molecule has 1 aromatic heterocycles. The van der Waals surface area contributed by atoms with Crippen molar-refractivity contribution in [1.29, 1.82) is 0 Å². The lowest BCUT2D eigenvalue weighted by atomic mass is 9.46. The van der Waals surface area contributed by atoms with E-state index in [1.807, 2.05) is 30.1 Å². The number of methoxy groups -OCH3 is 3. The van der Waals surface area contributed by atoms with Crippen molar-refractivity contribution in [2.45, 2.75) is 100 Å². The first-order valence-electron chi connectivity index (χ1n) is 20.7. The number of nitrogens with zero attached hydrogens (tertiary/aromatic N) is 3. The van der Waals surface area contributed by atoms with E-state index in [9.17, 15) is 14.7 Å². The number of piperidine rings is 1. The van der Waals surface area contributed by atoms with Gasteiger partial charge in [-0.05, 0) is 80.8 Å². The van der Waals surface area contributed by atoms with E-state index < -0.39 is 45.9 Å². The third kappa shape index (κ3) is 4.86. The van der Waals surface area contributed by atoms with Gasteiger partial charge in [0.05, 0.1) is 27.4 Å². The zero-order valence-corrected chi connectivity index (χ0v) is 34.3. The van der Waals surface area contributed by atoms with Gasteiger partial charge in [0.1, 0.15) is 11.2 Å². The lowest BCUT2D eigenvalue weighted by Gasteiger charge is -2.65. The first kappa shape index (κ1) is 38.1. The molecule has 1 saturated carbocycles. The molecule has 6 aliphatic rings. The second kappa shape index (κ2) is 13.3. The number of carbonyl (C=O) groups is 3. The van der Waals surface area contributed by atoms with Crippen LogP contribution in [0.25, 0.3) is 10.9 Å². The fourth-order valence-corrected chi connectivity index (χ4v) is 13.3. The molecule has 5 aliphatic heterocycles. The maximum Gasteiger partial charge on any atom is 0.344 e. The summed E-state index contributed by atoms with van der Waals surface area (Å²) < 4.78 is 24.0. The number of benzene rings is 2. The van der Waals surface area contributed by atoms with Crippen molar-refractivity contribution in [1.82, 2.24) is 14.8 Å². The molecule has 0 unspecified atom stereocenters. The largest absolute Gasteiger partial charge is 0.496 e. The number of anilines is 1. The molecule has 2 bridgehead atoms. The molecule has 9 atom stereocenters. The minimum absolute atomic E-state index is 0.0375. The zero-order valence-electron chi connectivity index (χ0n) is 34.3. The number of aromatic nitrogens is 1. The minimum atomic E-state index is -2.22. The Balaban J connectivity index is 1.37. The summed E-state index contributed by atoms with van der Waals surface area (Å²) in [5.41, 5.74) is 1.46. The summed E-state index contributed by atoms with van der Waals surface area (Å²) >= 11 is 0. The van der Waals surface area contributed by atoms with E-state index in [1.54, 1.807) is 7.11 Å². The Morgan fingerprint density at radius 2 is 1.74 bits per heavy atom. The molecule has 0 amide bonds. The number of ether oxygens (including phenoxy) is 4. The van der Waals surface area contributed by atoms with E-state index in [4.69, 9.17) is 18.9 Å². The number of H-pyrrole nitrogens is 1. The number of esters is 3. The molecular weight excluding hydrogens is 725 g/mol. The first-order valence-corrected chi connectivity index (χ1v) is 20.7. The summed E-state index contributed by atoms with van der Waals surface area (Å²) in [5.74, 6) is -1.21. The van der Waals surface area contributed by atoms with E-state index in [0.717, 1.165) is 72.4 Å². The van der Waals surface area contributed by atoms with Gasteiger partial charge in [0.2, 0.25) is 5.60 Å². The lowest BCUT2D eigenvalue weighted by molar-refractivity contribution is -0.242. The van der Waals surface area contributed by atoms with Gasteiger partial charge in [0, 0.05) is 84.4 Å². The fraction of sp³-hybridized carbons (Fsp3) is 0.578. The summed E-state index contributed by atoms with van der Waals surface area (Å²) in [7, 11) is 6.28. The topological polar surface area (TPSA) is 134 Å². The predicted molar refractivity (Wildman–Crippen MR) is 214 cm³/mol. The van der Waals surface area contributed by atoms with Crippen LogP contribution in [0, 0.1) is 11.3 Å². The summed E-state index contributed by atoms with van der Waals surface area (Å²) in [4.78, 5) is 53.3. The number of aromatic amines is 1. The molecule has 3 aromatic rings. The van der Waals surface area contributed by atoms with Gasteiger partial charge in [-0.25, -0.2) is 4.79 Å². The Morgan fingerprint density at radius 3 is 2.44 bits per heavy atom. The van der Waals surface area contributed by atoms with Crippen molar-refractivity contribution in [3.8, 4) is 5.75 Å². The van der Waals surface area contributed by atoms with E-state index in [1.165, 1.54) is 26.7 Å². The van der Waals surface area contributed by atoms with Crippen molar-refractivity contribution < 1.29 is 38.4 Å². The highest BCUT2D eigenvalue weighted by Gasteiger charge is 2.80. The number of hydrogen-bond acceptors (Lipinski definition) is 11. The Kier molecular flexibility index (Phi) is 8.92. The average Bonchev–Trinajstić information content (AvgIpc) is 3.87. The Bertz CT molecular complexity index is 2200. The lowest BCUT2D eigenvalue weighted by Crippen LogP contribution is -2.82. The highest BCUT2D eigenvalue weighted by molar-refractivity contribution is 5.95. The van der Waals surface area contributed by atoms with Gasteiger partial charge in [-0.3, -0.25) is 19.4 Å². The summed E-state index contributed by atoms with van der Waals surface area (Å²) in [5, 5.41) is 14.4. The fourth-order valence-electron chi connectivity index (χ4n) is 13.3. The van der Waals surface area contributed by atoms with Crippen LogP contribution < -0.4 is 9.64 Å². The summed E-state index contributed by atoms with van der Waals surface area (Å²) in [6.07, 6.45) is 5.27. The molecule has 2 aromatic carbocycles. The van der Waals surface area contributed by atoms with Gasteiger partial charge in [0.25, 0.3) is 0 Å². The molecule has 6 heterocycles. The van der Waals surface area contributed by atoms with Crippen molar-refractivity contribution in [3.05, 3.63) is 70.4 Å². The Morgan fingerprint density at radius 1 is 0.965 bits per heavy atom. The summed E-state index contributed by atoms with van der Waals surface area (Å²) in [6, 6.07) is 11.3. The number of para-hydroxylation sites is 1. The normalized spacial score (nSPS) is 35.2. The molecule has 304 valence electrons. The molecule has 12 nitrogen and oxygen atoms in total. The molecule has 9 rings (SSSR count). The van der Waals surface area contributed by atoms with Crippen LogP contribution in [-0.2, 0) is 46.0 Å². The summed E-state index contributed by atoms with van der Waals surface area (Å²) in [6.45, 7) is 9.52. The first-order chi connectivity index (χ1) is 27.4. The van der Waals surface area contributed by atoms with E-state index >= 15 is 4.79 Å². The van der Waals surface area contributed by atoms with Gasteiger partial charge < -0.3 is 33.9 Å². The standard InChI is InChI=1S/C45H56N4O8/c1-8-27-19-28-22-44(40(51)55-6,36-30(25-48(23-27)24-28)29-13-10-11-14-33(29)46-36)32-20-31-34(21-35(32)54-5)47(4)38-43(31)16-18-49-17-12-15-42(9-2,37(43)49)39(57-26(3)50)45(38,53)41(52)56-7/h10-11,13-14,19-21,28,37-39,46,53H,8-9,12,15-18,22-25H2,1-7H3/t28-,37-,38+,39+,42+,43+,44-,45-/m0/s1. The van der Waals surface area contributed by atoms with Crippen molar-refractivity contribution >= 4 is 34.5 Å². The number of fused-ring (bicyclic) bond motifs is 6. The highest BCUT2D eigenvalue weighted by Crippen LogP contribution is 2.69. The average molecular weight is 781 g/mol. The van der Waals surface area contributed by atoms with Gasteiger partial charge >= 0.3 is 17.9 Å². The van der Waals surface area contributed by atoms with E-state index in [2.05, 4.69) is 52.9 Å². The third-order valence-corrected chi connectivity index (χ3v) is 15.2. The molecule has 1 aliphatic carbocycles. The van der Waals surface area contributed by atoms with Crippen LogP contribution >= 0.6 is 0 Å². The van der Waals surface area contributed by atoms with E-state index in [-0.39, 0.29) is 17.9 Å². The molecule has 12 heteroatoms. The van der Waals surface area contributed by atoms with Crippen molar-refractivity contribution in [2.24, 2.45) is 11.3 Å². The van der Waals surface area contributed by atoms with Crippen LogP contribution in [0.5, 0.6) is 5.75 Å². The van der Waals surface area contributed by atoms with Gasteiger partial charge in [-0.2, -0.15) is 0 Å². The van der Waals surface area contributed by atoms with Crippen LogP contribution in [0.15, 0.2) is 48.0 Å². The van der Waals surface area contributed by atoms with Crippen LogP contribution in [0.4, 0.5) is 5.69 Å². The second-order valence-corrected chi connectivity index (χ2v) is 17.5. The van der Waals surface area contributed by atoms with Crippen molar-refractivity contribution in [3.63, 3.8) is 0 Å². The number of hydrogen-bond donors (Lipinski definition) is 2. The van der Waals surface area contributed by atoms with Crippen LogP contribution in [-0.4, -0.2) is 116 Å². The Labute approximate surface area is 334 Å². The third-order valence-electron chi connectivity index (χ3n) is 15.2. The van der Waals surface area contributed by atoms with Gasteiger partial charge in [-0.15, -0.1) is 0 Å². The quantitative estimate of drug-likeness (QED) is 0.191. The van der Waals surface area contributed by atoms with Crippen LogP contribution in [0.1, 0.15) is 81.7 Å². The molecule has 1 spiro atoms. The molecule has 0 radical (unpaired) electrons. The number of aliphatic hydroxyl groups is 1. The predicted octanol–water partition coefficient (Wildman–Crippen LogP) is 4.98. The second-order valence-electron chi connectivity index (χ2n) is 17.5. The van der Waals surface area contributed by atoms with Crippen LogP contribution in [0.2, 0.25) is 0 Å². The number of rotatable bonds is 7. The monoisotopic (exact) mass is 780 g/mol. The maximum atomic E-state index is 15.2. The molecular formula is C45H56N4O8. The molecule has 2 saturated heterocycles. The van der Waals surface area contributed by atoms with Crippen LogP contribution in [0.3, 0.4) is 0 Å². The zero-order chi connectivity index (χ0) is 40.2. The highest BCUT2D eigenvalue weighted by atomic mass is 16.6. The SMILES string of the molecule is CCC1=C[C@@H]2C[N@](C1)Cc1c([nH]c3ccccc13)[C@@](C(=O)OC)(c1cc3c(cc1OC)N(C)[C@H]1[C@@](O)(C(=O)OC)[C@H](OC(C)=O)[C@]4(CC)CCCN5CC[C@]31[C@@H]54)C2. The van der Waals surface area contributed by atoms with Gasteiger partial charge in [0.15, 0.2) is 6.10 Å². The molecule has 2 N–H and O–H groups in total. The number of nitrogens with one attached hydrogen (secondary N) is 1. The maximum absolute atomic E-state index is 15.2. The molecule has 3 fully saturated rings.